The molecule has 4 heterocycles. The van der Waals surface area contributed by atoms with Crippen LogP contribution >= 0.6 is 11.6 Å². The van der Waals surface area contributed by atoms with Gasteiger partial charge in [0.05, 0.1) is 29.4 Å². The Hall–Kier alpha value is -2.71. The van der Waals surface area contributed by atoms with Crippen molar-refractivity contribution in [2.45, 2.75) is 70.6 Å². The molecule has 0 radical (unpaired) electrons. The minimum atomic E-state index is -0.422. The Morgan fingerprint density at radius 1 is 1.25 bits per heavy atom. The Morgan fingerprint density at radius 2 is 2.00 bits per heavy atom. The Kier molecular flexibility index (Phi) is 7.17. The van der Waals surface area contributed by atoms with Gasteiger partial charge in [0.15, 0.2) is 5.82 Å². The molecule has 9 heteroatoms. The van der Waals surface area contributed by atoms with Gasteiger partial charge in [-0.05, 0) is 57.7 Å². The van der Waals surface area contributed by atoms with Crippen molar-refractivity contribution in [2.75, 3.05) is 19.6 Å². The van der Waals surface area contributed by atoms with Gasteiger partial charge in [-0.3, -0.25) is 9.69 Å². The molecular weight excluding hydrogens is 481 g/mol. The first kappa shape index (κ1) is 25.0. The Bertz CT molecular complexity index is 1170. The van der Waals surface area contributed by atoms with Crippen molar-refractivity contribution in [2.24, 2.45) is 5.73 Å². The molecule has 0 aliphatic carbocycles. The van der Waals surface area contributed by atoms with E-state index in [2.05, 4.69) is 21.8 Å². The summed E-state index contributed by atoms with van der Waals surface area (Å²) in [7, 11) is 0. The molecule has 3 aliphatic rings. The van der Waals surface area contributed by atoms with Crippen molar-refractivity contribution in [3.8, 4) is 5.75 Å². The summed E-state index contributed by atoms with van der Waals surface area (Å²) < 4.78 is 20.6. The van der Waals surface area contributed by atoms with Gasteiger partial charge in [-0.1, -0.05) is 24.9 Å². The van der Waals surface area contributed by atoms with E-state index >= 15 is 0 Å². The number of aryl methyl sites for hydroxylation is 1. The highest BCUT2D eigenvalue weighted by Gasteiger charge is 2.41. The highest BCUT2D eigenvalue weighted by Crippen LogP contribution is 2.38. The Balaban J connectivity index is 1.30. The summed E-state index contributed by atoms with van der Waals surface area (Å²) in [5.74, 6) is 0.0919. The molecule has 0 spiro atoms. The lowest BCUT2D eigenvalue weighted by molar-refractivity contribution is 0.0474. The fourth-order valence-corrected chi connectivity index (χ4v) is 5.84. The molecule has 3 aliphatic heterocycles. The number of aromatic nitrogens is 2. The Labute approximate surface area is 216 Å². The normalized spacial score (nSPS) is 24.0. The number of nitrogens with two attached hydrogens (primary N) is 1. The summed E-state index contributed by atoms with van der Waals surface area (Å²) in [5, 5.41) is 0.474. The number of hydrogen-bond donors (Lipinski definition) is 1. The van der Waals surface area contributed by atoms with E-state index in [0.717, 1.165) is 19.4 Å². The van der Waals surface area contributed by atoms with Gasteiger partial charge in [-0.15, -0.1) is 0 Å². The number of nitrogens with zero attached hydrogens (tertiary/aromatic N) is 4. The third-order valence-corrected chi connectivity index (χ3v) is 8.02. The van der Waals surface area contributed by atoms with E-state index < -0.39 is 5.82 Å². The molecule has 5 rings (SSSR count). The fourth-order valence-electron chi connectivity index (χ4n) is 5.75. The van der Waals surface area contributed by atoms with Crippen LogP contribution in [0.1, 0.15) is 67.3 Å². The number of ether oxygens (including phenoxy) is 1. The largest absolute Gasteiger partial charge is 0.489 e. The van der Waals surface area contributed by atoms with E-state index in [1.54, 1.807) is 11.8 Å². The maximum Gasteiger partial charge on any atom is 0.258 e. The van der Waals surface area contributed by atoms with Crippen molar-refractivity contribution in [3.63, 3.8) is 0 Å². The summed E-state index contributed by atoms with van der Waals surface area (Å²) in [4.78, 5) is 26.5. The number of amides is 1. The van der Waals surface area contributed by atoms with Crippen LogP contribution in [0.2, 0.25) is 5.02 Å². The summed E-state index contributed by atoms with van der Waals surface area (Å²) >= 11 is 6.06. The molecule has 192 valence electrons. The molecule has 2 atom stereocenters. The number of fused-ring (bicyclic) bond motifs is 2. The molecule has 2 bridgehead atoms. The lowest BCUT2D eigenvalue weighted by Crippen LogP contribution is -2.46. The smallest absolute Gasteiger partial charge is 0.258 e. The summed E-state index contributed by atoms with van der Waals surface area (Å²) in [6, 6.07) is 5.14. The predicted molar refractivity (Wildman–Crippen MR) is 137 cm³/mol. The van der Waals surface area contributed by atoms with Crippen molar-refractivity contribution in [1.82, 2.24) is 19.8 Å². The molecule has 1 aromatic heterocycles. The summed E-state index contributed by atoms with van der Waals surface area (Å²) in [6.45, 7) is 5.66. The monoisotopic (exact) mass is 513 g/mol. The van der Waals surface area contributed by atoms with Crippen LogP contribution in [0.5, 0.6) is 5.75 Å². The topological polar surface area (TPSA) is 84.6 Å². The van der Waals surface area contributed by atoms with Crippen LogP contribution in [0, 0.1) is 12.7 Å². The first-order valence-electron chi connectivity index (χ1n) is 12.8. The van der Waals surface area contributed by atoms with Gasteiger partial charge in [0.25, 0.3) is 5.91 Å². The highest BCUT2D eigenvalue weighted by atomic mass is 35.5. The number of carbonyl (C=O) groups is 1. The molecule has 2 saturated heterocycles. The van der Waals surface area contributed by atoms with E-state index in [-0.39, 0.29) is 25.1 Å². The number of unbranched alkanes of at least 4 members (excludes halogenated alkanes) is 1. The second kappa shape index (κ2) is 10.3. The molecule has 7 nitrogen and oxygen atoms in total. The third kappa shape index (κ3) is 4.93. The predicted octanol–water partition coefficient (Wildman–Crippen LogP) is 4.58. The van der Waals surface area contributed by atoms with E-state index in [0.29, 0.717) is 51.2 Å². The third-order valence-electron chi connectivity index (χ3n) is 7.65. The van der Waals surface area contributed by atoms with Crippen LogP contribution in [-0.4, -0.2) is 63.5 Å². The SMILES string of the molecule is CCCCN1C2CCC1CC(Oc1cc(F)ccc1C(=O)N1CC(N)=C(c3ncc(Cl)c(C)n3)C1)C2. The van der Waals surface area contributed by atoms with E-state index in [1.165, 1.54) is 50.1 Å². The van der Waals surface area contributed by atoms with Crippen molar-refractivity contribution >= 4 is 23.1 Å². The fraction of sp³-hybridized carbons (Fsp3) is 0.519. The van der Waals surface area contributed by atoms with E-state index in [1.807, 2.05) is 0 Å². The van der Waals surface area contributed by atoms with Gasteiger partial charge in [0, 0.05) is 35.6 Å². The van der Waals surface area contributed by atoms with Crippen LogP contribution in [0.25, 0.3) is 5.57 Å². The number of piperidine rings is 1. The second-order valence-electron chi connectivity index (χ2n) is 10.1. The maximum absolute atomic E-state index is 14.3. The molecule has 2 fully saturated rings. The first-order valence-corrected chi connectivity index (χ1v) is 13.2. The quantitative estimate of drug-likeness (QED) is 0.583. The number of rotatable bonds is 7. The maximum atomic E-state index is 14.3. The van der Waals surface area contributed by atoms with Crippen molar-refractivity contribution in [3.05, 3.63) is 58.0 Å². The van der Waals surface area contributed by atoms with Gasteiger partial charge in [-0.25, -0.2) is 14.4 Å². The average Bonchev–Trinajstić information content (AvgIpc) is 3.35. The summed E-state index contributed by atoms with van der Waals surface area (Å²) in [6.07, 6.45) is 8.06. The van der Waals surface area contributed by atoms with Crippen molar-refractivity contribution < 1.29 is 13.9 Å². The molecule has 2 unspecified atom stereocenters. The lowest BCUT2D eigenvalue weighted by Gasteiger charge is -2.39. The van der Waals surface area contributed by atoms with Gasteiger partial charge in [-0.2, -0.15) is 0 Å². The summed E-state index contributed by atoms with van der Waals surface area (Å²) in [5.41, 5.74) is 8.51. The average molecular weight is 514 g/mol. The number of benzene rings is 1. The van der Waals surface area contributed by atoms with E-state index in [9.17, 15) is 9.18 Å². The first-order chi connectivity index (χ1) is 17.3. The van der Waals surface area contributed by atoms with Crippen LogP contribution in [0.15, 0.2) is 30.1 Å². The molecule has 36 heavy (non-hydrogen) atoms. The minimum Gasteiger partial charge on any atom is -0.489 e. The van der Waals surface area contributed by atoms with Gasteiger partial charge in [0.1, 0.15) is 17.7 Å². The zero-order valence-electron chi connectivity index (χ0n) is 20.8. The standard InChI is InChI=1S/C27H33ClFN5O2/c1-3-4-9-34-18-6-7-19(34)12-20(11-18)36-25-10-17(29)5-8-21(25)27(35)33-14-22(24(30)15-33)26-31-13-23(28)16(2)32-26/h5,8,10,13,18-20H,3-4,6-7,9,11-12,14-15,30H2,1-2H3. The zero-order valence-corrected chi connectivity index (χ0v) is 21.6. The lowest BCUT2D eigenvalue weighted by atomic mass is 9.99. The molecule has 1 aromatic carbocycles. The Morgan fingerprint density at radius 3 is 2.69 bits per heavy atom. The van der Waals surface area contributed by atoms with Gasteiger partial charge >= 0.3 is 0 Å². The van der Waals surface area contributed by atoms with Crippen LogP contribution < -0.4 is 10.5 Å². The van der Waals surface area contributed by atoms with Gasteiger partial charge in [0.2, 0.25) is 0 Å². The van der Waals surface area contributed by atoms with Crippen LogP contribution in [0.3, 0.4) is 0 Å². The molecular formula is C27H33ClFN5O2. The number of hydrogen-bond acceptors (Lipinski definition) is 6. The second-order valence-corrected chi connectivity index (χ2v) is 10.5. The van der Waals surface area contributed by atoms with Crippen LogP contribution in [-0.2, 0) is 0 Å². The van der Waals surface area contributed by atoms with Crippen molar-refractivity contribution in [1.29, 1.82) is 0 Å². The van der Waals surface area contributed by atoms with E-state index in [4.69, 9.17) is 22.1 Å². The number of halogens is 2. The minimum absolute atomic E-state index is 0.0310. The molecule has 2 aromatic rings. The highest BCUT2D eigenvalue weighted by molar-refractivity contribution is 6.31. The molecule has 1 amide bonds. The van der Waals surface area contributed by atoms with Gasteiger partial charge < -0.3 is 15.4 Å². The molecule has 2 N–H and O–H groups in total. The zero-order chi connectivity index (χ0) is 25.4. The number of carbonyl (C=O) groups excluding carboxylic acids is 1. The molecule has 0 saturated carbocycles. The van der Waals surface area contributed by atoms with Crippen LogP contribution in [0.4, 0.5) is 4.39 Å².